The molecule has 5 heteroatoms. The lowest BCUT2D eigenvalue weighted by Crippen LogP contribution is -2.43. The third-order valence-corrected chi connectivity index (χ3v) is 2.43. The van der Waals surface area contributed by atoms with Crippen LogP contribution in [-0.4, -0.2) is 40.8 Å². The number of esters is 1. The van der Waals surface area contributed by atoms with Crippen LogP contribution in [0.5, 0.6) is 0 Å². The molecule has 0 aromatic rings. The van der Waals surface area contributed by atoms with Crippen LogP contribution in [0, 0.1) is 5.92 Å². The Balaban J connectivity index is 2.54. The molecule has 1 fully saturated rings. The van der Waals surface area contributed by atoms with E-state index in [-0.39, 0.29) is 18.4 Å². The van der Waals surface area contributed by atoms with Crippen LogP contribution >= 0.6 is 0 Å². The Labute approximate surface area is 95.4 Å². The summed E-state index contributed by atoms with van der Waals surface area (Å²) in [6, 6.07) is 0. The second-order valence-corrected chi connectivity index (χ2v) is 5.10. The van der Waals surface area contributed by atoms with Gasteiger partial charge in [-0.25, -0.2) is 4.79 Å². The highest BCUT2D eigenvalue weighted by Gasteiger charge is 2.31. The minimum absolute atomic E-state index is 0.254. The van der Waals surface area contributed by atoms with Crippen molar-refractivity contribution in [1.29, 1.82) is 0 Å². The molecule has 5 nitrogen and oxygen atoms in total. The maximum Gasteiger partial charge on any atom is 0.407 e. The fourth-order valence-electron chi connectivity index (χ4n) is 1.73. The Morgan fingerprint density at radius 3 is 2.50 bits per heavy atom. The van der Waals surface area contributed by atoms with Crippen LogP contribution < -0.4 is 0 Å². The van der Waals surface area contributed by atoms with Gasteiger partial charge in [0.2, 0.25) is 0 Å². The molecule has 0 aromatic heterocycles. The third kappa shape index (κ3) is 3.72. The summed E-state index contributed by atoms with van der Waals surface area (Å²) in [5.41, 5.74) is -0.511. The lowest BCUT2D eigenvalue weighted by atomic mass is 9.98. The molecule has 0 saturated carbocycles. The Morgan fingerprint density at radius 2 is 2.00 bits per heavy atom. The number of hydrogen-bond donors (Lipinski definition) is 1. The van der Waals surface area contributed by atoms with Crippen LogP contribution in [0.2, 0.25) is 0 Å². The fourth-order valence-corrected chi connectivity index (χ4v) is 1.73. The van der Waals surface area contributed by atoms with Crippen LogP contribution in [-0.2, 0) is 9.53 Å². The van der Waals surface area contributed by atoms with Crippen LogP contribution in [0.25, 0.3) is 0 Å². The van der Waals surface area contributed by atoms with E-state index in [1.54, 1.807) is 0 Å². The van der Waals surface area contributed by atoms with Crippen molar-refractivity contribution >= 4 is 12.1 Å². The Bertz CT molecular complexity index is 282. The van der Waals surface area contributed by atoms with Gasteiger partial charge < -0.3 is 14.7 Å². The zero-order valence-corrected chi connectivity index (χ0v) is 10.0. The minimum Gasteiger partial charge on any atom is -0.465 e. The second-order valence-electron chi connectivity index (χ2n) is 5.10. The summed E-state index contributed by atoms with van der Waals surface area (Å²) < 4.78 is 5.25. The lowest BCUT2D eigenvalue weighted by molar-refractivity contribution is -0.161. The summed E-state index contributed by atoms with van der Waals surface area (Å²) >= 11 is 0. The van der Waals surface area contributed by atoms with E-state index >= 15 is 0 Å². The molecule has 1 aliphatic heterocycles. The van der Waals surface area contributed by atoms with Crippen molar-refractivity contribution in [3.63, 3.8) is 0 Å². The number of ether oxygens (including phenoxy) is 1. The van der Waals surface area contributed by atoms with Crippen molar-refractivity contribution < 1.29 is 19.4 Å². The first kappa shape index (κ1) is 12.8. The van der Waals surface area contributed by atoms with E-state index in [9.17, 15) is 9.59 Å². The average Bonchev–Trinajstić information content (AvgIpc) is 2.15. The molecule has 1 N–H and O–H groups in total. The van der Waals surface area contributed by atoms with E-state index in [0.29, 0.717) is 13.0 Å². The number of rotatable bonds is 1. The molecular formula is C11H19NO4. The average molecular weight is 229 g/mol. The van der Waals surface area contributed by atoms with Gasteiger partial charge in [-0.2, -0.15) is 0 Å². The molecule has 1 rings (SSSR count). The molecule has 92 valence electrons. The molecule has 0 radical (unpaired) electrons. The van der Waals surface area contributed by atoms with Crippen molar-refractivity contribution in [2.45, 2.75) is 39.2 Å². The van der Waals surface area contributed by atoms with E-state index in [1.807, 2.05) is 20.8 Å². The molecular weight excluding hydrogens is 210 g/mol. The monoisotopic (exact) mass is 229 g/mol. The van der Waals surface area contributed by atoms with Gasteiger partial charge in [0, 0.05) is 13.1 Å². The first-order chi connectivity index (χ1) is 7.29. The number of amides is 1. The molecule has 16 heavy (non-hydrogen) atoms. The van der Waals surface area contributed by atoms with Gasteiger partial charge in [-0.15, -0.1) is 0 Å². The van der Waals surface area contributed by atoms with Gasteiger partial charge in [0.1, 0.15) is 5.60 Å². The summed E-state index contributed by atoms with van der Waals surface area (Å²) in [6.45, 7) is 6.19. The minimum atomic E-state index is -0.965. The van der Waals surface area contributed by atoms with Crippen molar-refractivity contribution in [3.05, 3.63) is 0 Å². The first-order valence-electron chi connectivity index (χ1n) is 5.50. The van der Waals surface area contributed by atoms with Crippen molar-refractivity contribution in [2.24, 2.45) is 5.92 Å². The van der Waals surface area contributed by atoms with Gasteiger partial charge in [0.05, 0.1) is 5.92 Å². The van der Waals surface area contributed by atoms with Crippen LogP contribution in [0.4, 0.5) is 4.79 Å². The fraction of sp³-hybridized carbons (Fsp3) is 0.818. The molecule has 1 atom stereocenters. The van der Waals surface area contributed by atoms with Crippen molar-refractivity contribution in [3.8, 4) is 0 Å². The summed E-state index contributed by atoms with van der Waals surface area (Å²) in [4.78, 5) is 23.8. The number of hydrogen-bond acceptors (Lipinski definition) is 3. The number of carbonyl (C=O) groups is 2. The van der Waals surface area contributed by atoms with Crippen LogP contribution in [0.15, 0.2) is 0 Å². The maximum atomic E-state index is 11.7. The SMILES string of the molecule is CC(C)(C)OC(=O)[C@H]1CCCN(C(=O)O)C1. The first-order valence-corrected chi connectivity index (χ1v) is 5.50. The summed E-state index contributed by atoms with van der Waals surface area (Å²) in [5, 5.41) is 8.84. The van der Waals surface area contributed by atoms with E-state index in [0.717, 1.165) is 6.42 Å². The standard InChI is InChI=1S/C11H19NO4/c1-11(2,3)16-9(13)8-5-4-6-12(7-8)10(14)15/h8H,4-7H2,1-3H3,(H,14,15)/t8-/m0/s1. The predicted octanol–water partition coefficient (Wildman–Crippen LogP) is 1.72. The number of carboxylic acid groups (broad SMARTS) is 1. The number of nitrogens with zero attached hydrogens (tertiary/aromatic N) is 1. The van der Waals surface area contributed by atoms with E-state index < -0.39 is 11.7 Å². The van der Waals surface area contributed by atoms with Crippen LogP contribution in [0.1, 0.15) is 33.6 Å². The van der Waals surface area contributed by atoms with Gasteiger partial charge in [-0.1, -0.05) is 0 Å². The van der Waals surface area contributed by atoms with E-state index in [4.69, 9.17) is 9.84 Å². The highest BCUT2D eigenvalue weighted by Crippen LogP contribution is 2.20. The number of piperidine rings is 1. The van der Waals surface area contributed by atoms with E-state index in [1.165, 1.54) is 4.90 Å². The van der Waals surface area contributed by atoms with Gasteiger partial charge >= 0.3 is 12.1 Å². The smallest absolute Gasteiger partial charge is 0.407 e. The van der Waals surface area contributed by atoms with Crippen molar-refractivity contribution in [1.82, 2.24) is 4.90 Å². The largest absolute Gasteiger partial charge is 0.465 e. The topological polar surface area (TPSA) is 66.8 Å². The Kier molecular flexibility index (Phi) is 3.78. The summed E-state index contributed by atoms with van der Waals surface area (Å²) in [5.74, 6) is -0.609. The van der Waals surface area contributed by atoms with Gasteiger partial charge in [-0.05, 0) is 33.6 Å². The quantitative estimate of drug-likeness (QED) is 0.695. The molecule has 0 aliphatic carbocycles. The Hall–Kier alpha value is -1.26. The number of carbonyl (C=O) groups excluding carboxylic acids is 1. The molecule has 1 amide bonds. The van der Waals surface area contributed by atoms with Gasteiger partial charge in [0.25, 0.3) is 0 Å². The van der Waals surface area contributed by atoms with Crippen LogP contribution in [0.3, 0.4) is 0 Å². The molecule has 0 unspecified atom stereocenters. The second kappa shape index (κ2) is 4.72. The normalized spacial score (nSPS) is 21.7. The zero-order valence-electron chi connectivity index (χ0n) is 10.0. The van der Waals surface area contributed by atoms with Gasteiger partial charge in [0.15, 0.2) is 0 Å². The van der Waals surface area contributed by atoms with Crippen molar-refractivity contribution in [2.75, 3.05) is 13.1 Å². The zero-order chi connectivity index (χ0) is 12.3. The Morgan fingerprint density at radius 1 is 1.38 bits per heavy atom. The number of likely N-dealkylation sites (tertiary alicyclic amines) is 1. The summed E-state index contributed by atoms with van der Waals surface area (Å²) in [6.07, 6.45) is 0.461. The molecule has 0 bridgehead atoms. The molecule has 0 spiro atoms. The molecule has 1 aliphatic rings. The highest BCUT2D eigenvalue weighted by atomic mass is 16.6. The maximum absolute atomic E-state index is 11.7. The van der Waals surface area contributed by atoms with E-state index in [2.05, 4.69) is 0 Å². The van der Waals surface area contributed by atoms with Gasteiger partial charge in [-0.3, -0.25) is 4.79 Å². The third-order valence-electron chi connectivity index (χ3n) is 2.43. The predicted molar refractivity (Wildman–Crippen MR) is 58.2 cm³/mol. The molecule has 0 aromatic carbocycles. The summed E-state index contributed by atoms with van der Waals surface area (Å²) in [7, 11) is 0. The highest BCUT2D eigenvalue weighted by molar-refractivity contribution is 5.74. The lowest BCUT2D eigenvalue weighted by Gasteiger charge is -2.31. The molecule has 1 heterocycles. The molecule has 1 saturated heterocycles.